The highest BCUT2D eigenvalue weighted by molar-refractivity contribution is 7.89. The summed E-state index contributed by atoms with van der Waals surface area (Å²) in [5.74, 6) is -0.204. The molecule has 0 saturated heterocycles. The Morgan fingerprint density at radius 3 is 2.45 bits per heavy atom. The zero-order chi connectivity index (χ0) is 24.2. The molecule has 1 atom stereocenters. The molecule has 0 spiro atoms. The molecule has 2 amide bonds. The van der Waals surface area contributed by atoms with Gasteiger partial charge in [-0.15, -0.1) is 0 Å². The second kappa shape index (κ2) is 10.2. The van der Waals surface area contributed by atoms with Crippen LogP contribution in [0.3, 0.4) is 0 Å². The summed E-state index contributed by atoms with van der Waals surface area (Å²) < 4.78 is 32.5. The smallest absolute Gasteiger partial charge is 0.243 e. The Balaban J connectivity index is 1.89. The molecule has 8 nitrogen and oxygen atoms in total. The highest BCUT2D eigenvalue weighted by atomic mass is 32.2. The van der Waals surface area contributed by atoms with E-state index in [0.717, 1.165) is 11.1 Å². The molecule has 2 aromatic carbocycles. The molecule has 176 valence electrons. The van der Waals surface area contributed by atoms with E-state index in [4.69, 9.17) is 4.74 Å². The second-order valence-electron chi connectivity index (χ2n) is 7.59. The van der Waals surface area contributed by atoms with Gasteiger partial charge in [-0.2, -0.15) is 4.31 Å². The summed E-state index contributed by atoms with van der Waals surface area (Å²) in [6, 6.07) is 11.5. The molecular weight excluding hydrogens is 442 g/mol. The second-order valence-corrected chi connectivity index (χ2v) is 9.53. The predicted molar refractivity (Wildman–Crippen MR) is 127 cm³/mol. The van der Waals surface area contributed by atoms with Gasteiger partial charge in [0.15, 0.2) is 0 Å². The van der Waals surface area contributed by atoms with Crippen molar-refractivity contribution in [3.05, 3.63) is 59.8 Å². The van der Waals surface area contributed by atoms with Crippen LogP contribution in [0.2, 0.25) is 0 Å². The van der Waals surface area contributed by atoms with Gasteiger partial charge in [-0.05, 0) is 35.4 Å². The van der Waals surface area contributed by atoms with Gasteiger partial charge in [-0.1, -0.05) is 38.1 Å². The van der Waals surface area contributed by atoms with Crippen molar-refractivity contribution in [2.45, 2.75) is 38.1 Å². The number of hydrogen-bond donors (Lipinski definition) is 1. The Morgan fingerprint density at radius 2 is 1.82 bits per heavy atom. The summed E-state index contributed by atoms with van der Waals surface area (Å²) in [5.41, 5.74) is 2.07. The third kappa shape index (κ3) is 5.09. The Labute approximate surface area is 194 Å². The lowest BCUT2D eigenvalue weighted by Crippen LogP contribution is -2.33. The first-order chi connectivity index (χ1) is 15.7. The van der Waals surface area contributed by atoms with Crippen LogP contribution in [0.15, 0.2) is 53.6 Å². The van der Waals surface area contributed by atoms with E-state index >= 15 is 0 Å². The standard InChI is InChI=1S/C24H29N3O5S/c1-5-26(6-2)33(30,31)19-11-12-23(32-4)21(15-19)25-24(29)16-22-20-10-8-7-9-18(20)13-14-27(22)17(3)28/h7-15,22H,5-6,16H2,1-4H3,(H,25,29)/t22-/m0/s1. The first-order valence-corrected chi connectivity index (χ1v) is 12.2. The number of carbonyl (C=O) groups excluding carboxylic acids is 2. The molecule has 0 radical (unpaired) electrons. The van der Waals surface area contributed by atoms with Crippen LogP contribution >= 0.6 is 0 Å². The maximum absolute atomic E-state index is 13.0. The van der Waals surface area contributed by atoms with Gasteiger partial charge >= 0.3 is 0 Å². The Bertz CT molecular complexity index is 1170. The summed E-state index contributed by atoms with van der Waals surface area (Å²) >= 11 is 0. The maximum Gasteiger partial charge on any atom is 0.243 e. The average Bonchev–Trinajstić information content (AvgIpc) is 2.79. The number of nitrogens with zero attached hydrogens (tertiary/aromatic N) is 2. The number of anilines is 1. The van der Waals surface area contributed by atoms with Crippen molar-refractivity contribution in [3.63, 3.8) is 0 Å². The Kier molecular flexibility index (Phi) is 7.55. The number of amides is 2. The summed E-state index contributed by atoms with van der Waals surface area (Å²) in [5, 5.41) is 2.78. The lowest BCUT2D eigenvalue weighted by Gasteiger charge is -2.32. The van der Waals surface area contributed by atoms with Crippen molar-refractivity contribution in [3.8, 4) is 5.75 Å². The molecule has 1 N–H and O–H groups in total. The summed E-state index contributed by atoms with van der Waals surface area (Å²) in [7, 11) is -2.26. The van der Waals surface area contributed by atoms with E-state index < -0.39 is 16.1 Å². The van der Waals surface area contributed by atoms with E-state index in [2.05, 4.69) is 5.32 Å². The van der Waals surface area contributed by atoms with Gasteiger partial charge in [-0.3, -0.25) is 9.59 Å². The van der Waals surface area contributed by atoms with Crippen LogP contribution < -0.4 is 10.1 Å². The van der Waals surface area contributed by atoms with E-state index in [9.17, 15) is 18.0 Å². The number of nitrogens with one attached hydrogen (secondary N) is 1. The van der Waals surface area contributed by atoms with Crippen LogP contribution in [0.25, 0.3) is 6.08 Å². The fourth-order valence-corrected chi connectivity index (χ4v) is 5.43. The predicted octanol–water partition coefficient (Wildman–Crippen LogP) is 3.63. The van der Waals surface area contributed by atoms with Gasteiger partial charge < -0.3 is 15.0 Å². The number of benzene rings is 2. The van der Waals surface area contributed by atoms with Crippen molar-refractivity contribution in [2.24, 2.45) is 0 Å². The summed E-state index contributed by atoms with van der Waals surface area (Å²) in [4.78, 5) is 26.8. The third-order valence-corrected chi connectivity index (χ3v) is 7.68. The highest BCUT2D eigenvalue weighted by Gasteiger charge is 2.29. The minimum Gasteiger partial charge on any atom is -0.495 e. The van der Waals surface area contributed by atoms with Crippen LogP contribution in [0, 0.1) is 0 Å². The van der Waals surface area contributed by atoms with Gasteiger partial charge in [0.1, 0.15) is 5.75 Å². The highest BCUT2D eigenvalue weighted by Crippen LogP contribution is 2.34. The number of rotatable bonds is 8. The number of methoxy groups -OCH3 is 1. The molecule has 1 aliphatic rings. The Morgan fingerprint density at radius 1 is 1.12 bits per heavy atom. The molecule has 0 fully saturated rings. The Hall–Kier alpha value is -3.17. The summed E-state index contributed by atoms with van der Waals surface area (Å²) in [6.45, 7) is 5.66. The SMILES string of the molecule is CCN(CC)S(=O)(=O)c1ccc(OC)c(NC(=O)C[C@H]2c3ccccc3C=CN2C(C)=O)c1. The van der Waals surface area contributed by atoms with E-state index in [1.807, 2.05) is 30.3 Å². The molecule has 1 aliphatic heterocycles. The van der Waals surface area contributed by atoms with Crippen molar-refractivity contribution >= 4 is 33.6 Å². The molecule has 1 heterocycles. The largest absolute Gasteiger partial charge is 0.495 e. The molecule has 9 heteroatoms. The topological polar surface area (TPSA) is 96.0 Å². The fraction of sp³-hybridized carbons (Fsp3) is 0.333. The van der Waals surface area contributed by atoms with Crippen LogP contribution in [0.5, 0.6) is 5.75 Å². The number of carbonyl (C=O) groups is 2. The van der Waals surface area contributed by atoms with Crippen LogP contribution in [0.4, 0.5) is 5.69 Å². The van der Waals surface area contributed by atoms with E-state index in [0.29, 0.717) is 18.8 Å². The monoisotopic (exact) mass is 471 g/mol. The minimum absolute atomic E-state index is 0.00287. The molecule has 33 heavy (non-hydrogen) atoms. The zero-order valence-corrected chi connectivity index (χ0v) is 20.1. The van der Waals surface area contributed by atoms with Gasteiger partial charge in [-0.25, -0.2) is 8.42 Å². The molecule has 0 aromatic heterocycles. The molecule has 0 aliphatic carbocycles. The van der Waals surface area contributed by atoms with Crippen molar-refractivity contribution in [2.75, 3.05) is 25.5 Å². The van der Waals surface area contributed by atoms with E-state index in [-0.39, 0.29) is 28.8 Å². The summed E-state index contributed by atoms with van der Waals surface area (Å²) in [6.07, 6.45) is 3.52. The van der Waals surface area contributed by atoms with Gasteiger partial charge in [0.25, 0.3) is 0 Å². The number of sulfonamides is 1. The van der Waals surface area contributed by atoms with Gasteiger partial charge in [0.2, 0.25) is 21.8 Å². The first kappa shape index (κ1) is 24.5. The fourth-order valence-electron chi connectivity index (χ4n) is 3.95. The molecule has 0 bridgehead atoms. The lowest BCUT2D eigenvalue weighted by atomic mass is 9.93. The van der Waals surface area contributed by atoms with Crippen molar-refractivity contribution in [1.29, 1.82) is 0 Å². The molecule has 2 aromatic rings. The van der Waals surface area contributed by atoms with E-state index in [1.165, 1.54) is 41.4 Å². The quantitative estimate of drug-likeness (QED) is 0.634. The van der Waals surface area contributed by atoms with Crippen LogP contribution in [-0.2, 0) is 19.6 Å². The normalized spacial score (nSPS) is 15.3. The number of hydrogen-bond acceptors (Lipinski definition) is 5. The van der Waals surface area contributed by atoms with Crippen molar-refractivity contribution in [1.82, 2.24) is 9.21 Å². The molecule has 0 saturated carbocycles. The molecular formula is C24H29N3O5S. The molecule has 3 rings (SSSR count). The maximum atomic E-state index is 13.0. The lowest BCUT2D eigenvalue weighted by molar-refractivity contribution is -0.129. The zero-order valence-electron chi connectivity index (χ0n) is 19.2. The first-order valence-electron chi connectivity index (χ1n) is 10.8. The average molecular weight is 472 g/mol. The minimum atomic E-state index is -3.71. The van der Waals surface area contributed by atoms with Crippen LogP contribution in [-0.4, -0.2) is 49.6 Å². The number of ether oxygens (including phenoxy) is 1. The molecule has 0 unspecified atom stereocenters. The third-order valence-electron chi connectivity index (χ3n) is 5.64. The van der Waals surface area contributed by atoms with Crippen LogP contribution in [0.1, 0.15) is 44.4 Å². The number of fused-ring (bicyclic) bond motifs is 1. The van der Waals surface area contributed by atoms with Gasteiger partial charge in [0.05, 0.1) is 30.2 Å². The van der Waals surface area contributed by atoms with Gasteiger partial charge in [0, 0.05) is 26.2 Å². The van der Waals surface area contributed by atoms with Crippen molar-refractivity contribution < 1.29 is 22.7 Å². The van der Waals surface area contributed by atoms with E-state index in [1.54, 1.807) is 20.0 Å².